The molecule has 4 aliphatic carbocycles. The Balaban J connectivity index is 1.10. The average Bonchev–Trinajstić information content (AvgIpc) is 3.25. The lowest BCUT2D eigenvalue weighted by Gasteiger charge is -2.61. The van der Waals surface area contributed by atoms with Crippen molar-refractivity contribution in [3.8, 4) is 0 Å². The first-order valence-electron chi connectivity index (χ1n) is 16.0. The van der Waals surface area contributed by atoms with Crippen LogP contribution in [0.1, 0.15) is 122 Å². The van der Waals surface area contributed by atoms with Crippen molar-refractivity contribution < 1.29 is 9.53 Å². The van der Waals surface area contributed by atoms with Crippen LogP contribution in [0.2, 0.25) is 0 Å². The van der Waals surface area contributed by atoms with Gasteiger partial charge in [-0.15, -0.1) is 0 Å². The number of hydrogen-bond acceptors (Lipinski definition) is 4. The predicted molar refractivity (Wildman–Crippen MR) is 158 cm³/mol. The highest BCUT2D eigenvalue weighted by Gasteiger charge is 2.60. The molecule has 0 aliphatic heterocycles. The molecule has 2 unspecified atom stereocenters. The summed E-state index contributed by atoms with van der Waals surface area (Å²) in [5.74, 6) is 5.62. The van der Waals surface area contributed by atoms with Gasteiger partial charge in [-0.25, -0.2) is 4.79 Å². The van der Waals surface area contributed by atoms with E-state index in [1.807, 2.05) is 0 Å². The van der Waals surface area contributed by atoms with E-state index >= 15 is 0 Å². The molecule has 1 aromatic carbocycles. The summed E-state index contributed by atoms with van der Waals surface area (Å²) in [7, 11) is 0. The van der Waals surface area contributed by atoms with Crippen molar-refractivity contribution in [3.63, 3.8) is 0 Å². The van der Waals surface area contributed by atoms with Crippen LogP contribution in [0, 0.1) is 52.3 Å². The van der Waals surface area contributed by atoms with Crippen LogP contribution in [0.4, 0.5) is 11.4 Å². The van der Waals surface area contributed by atoms with E-state index in [1.165, 1.54) is 77.0 Å². The zero-order valence-electron chi connectivity index (χ0n) is 24.6. The molecule has 5 rings (SSSR count). The van der Waals surface area contributed by atoms with Gasteiger partial charge < -0.3 is 16.2 Å². The molecule has 38 heavy (non-hydrogen) atoms. The van der Waals surface area contributed by atoms with Crippen LogP contribution >= 0.6 is 0 Å². The summed E-state index contributed by atoms with van der Waals surface area (Å²) in [6.45, 7) is 10.6. The van der Waals surface area contributed by atoms with E-state index in [0.29, 0.717) is 40.3 Å². The summed E-state index contributed by atoms with van der Waals surface area (Å²) >= 11 is 0. The van der Waals surface area contributed by atoms with Crippen molar-refractivity contribution in [2.45, 2.75) is 111 Å². The number of nitrogens with two attached hydrogens (primary N) is 2. The van der Waals surface area contributed by atoms with Crippen molar-refractivity contribution in [2.24, 2.45) is 52.3 Å². The van der Waals surface area contributed by atoms with Crippen LogP contribution in [-0.4, -0.2) is 12.6 Å². The second kappa shape index (κ2) is 11.0. The Morgan fingerprint density at radius 3 is 2.55 bits per heavy atom. The second-order valence-corrected chi connectivity index (χ2v) is 14.6. The number of ether oxygens (including phenoxy) is 1. The molecular formula is C34H54N2O2. The van der Waals surface area contributed by atoms with Crippen LogP contribution in [0.15, 0.2) is 18.2 Å². The molecular weight excluding hydrogens is 468 g/mol. The highest BCUT2D eigenvalue weighted by atomic mass is 16.5. The first-order valence-corrected chi connectivity index (χ1v) is 16.0. The summed E-state index contributed by atoms with van der Waals surface area (Å²) < 4.78 is 5.59. The number of nitrogen functional groups attached to an aromatic ring is 2. The molecule has 4 nitrogen and oxygen atoms in total. The van der Waals surface area contributed by atoms with E-state index in [2.05, 4.69) is 27.7 Å². The van der Waals surface area contributed by atoms with E-state index in [-0.39, 0.29) is 5.97 Å². The summed E-state index contributed by atoms with van der Waals surface area (Å²) in [4.78, 5) is 12.5. The number of hydrogen-bond donors (Lipinski definition) is 2. The first-order chi connectivity index (χ1) is 18.1. The highest BCUT2D eigenvalue weighted by Crippen LogP contribution is 2.68. The van der Waals surface area contributed by atoms with Gasteiger partial charge in [0.15, 0.2) is 0 Å². The Morgan fingerprint density at radius 1 is 0.947 bits per heavy atom. The van der Waals surface area contributed by atoms with Gasteiger partial charge in [0.2, 0.25) is 0 Å². The fourth-order valence-corrected chi connectivity index (χ4v) is 10.4. The van der Waals surface area contributed by atoms with E-state index in [9.17, 15) is 4.79 Å². The maximum Gasteiger partial charge on any atom is 0.340 e. The first kappa shape index (κ1) is 27.8. The van der Waals surface area contributed by atoms with Crippen molar-refractivity contribution >= 4 is 17.3 Å². The SMILES string of the molecule is CC(CCC[C@@H](C)[C@H]1CC[C@H]2[C@@H]3CCC4CCCC[C@]4(C)[C@H]3CC[C@]12C)COC(=O)c1cccc(N)c1N. The Bertz CT molecular complexity index is 993. The number of fused-ring (bicyclic) bond motifs is 5. The van der Waals surface area contributed by atoms with Crippen molar-refractivity contribution in [1.29, 1.82) is 0 Å². The van der Waals surface area contributed by atoms with Gasteiger partial charge in [0.05, 0.1) is 23.5 Å². The van der Waals surface area contributed by atoms with Crippen molar-refractivity contribution in [3.05, 3.63) is 23.8 Å². The molecule has 9 atom stereocenters. The van der Waals surface area contributed by atoms with Crippen molar-refractivity contribution in [2.75, 3.05) is 18.1 Å². The molecule has 0 spiro atoms. The van der Waals surface area contributed by atoms with Gasteiger partial charge in [-0.05, 0) is 122 Å². The number of carbonyl (C=O) groups excluding carboxylic acids is 1. The zero-order chi connectivity index (χ0) is 27.1. The van der Waals surface area contributed by atoms with E-state index in [4.69, 9.17) is 16.2 Å². The molecule has 0 saturated heterocycles. The third kappa shape index (κ3) is 4.99. The molecule has 0 heterocycles. The minimum absolute atomic E-state index is 0.317. The van der Waals surface area contributed by atoms with E-state index in [0.717, 1.165) is 41.9 Å². The lowest BCUT2D eigenvalue weighted by Crippen LogP contribution is -2.53. The third-order valence-electron chi connectivity index (χ3n) is 12.6. The van der Waals surface area contributed by atoms with Gasteiger partial charge >= 0.3 is 5.97 Å². The summed E-state index contributed by atoms with van der Waals surface area (Å²) in [6, 6.07) is 5.13. The van der Waals surface area contributed by atoms with Crippen LogP contribution in [-0.2, 0) is 4.74 Å². The van der Waals surface area contributed by atoms with Crippen LogP contribution in [0.3, 0.4) is 0 Å². The molecule has 0 bridgehead atoms. The molecule has 0 aromatic heterocycles. The van der Waals surface area contributed by atoms with Crippen molar-refractivity contribution in [1.82, 2.24) is 0 Å². The molecule has 0 radical (unpaired) electrons. The van der Waals surface area contributed by atoms with E-state index < -0.39 is 0 Å². The smallest absolute Gasteiger partial charge is 0.340 e. The highest BCUT2D eigenvalue weighted by molar-refractivity contribution is 5.97. The Labute approximate surface area is 232 Å². The Morgan fingerprint density at radius 2 is 1.74 bits per heavy atom. The molecule has 4 fully saturated rings. The lowest BCUT2D eigenvalue weighted by molar-refractivity contribution is -0.114. The fraction of sp³-hybridized carbons (Fsp3) is 0.794. The average molecular weight is 523 g/mol. The van der Waals surface area contributed by atoms with Gasteiger partial charge in [-0.1, -0.05) is 59.4 Å². The molecule has 1 aromatic rings. The second-order valence-electron chi connectivity index (χ2n) is 14.6. The fourth-order valence-electron chi connectivity index (χ4n) is 10.4. The quantitative estimate of drug-likeness (QED) is 0.265. The molecule has 4 N–H and O–H groups in total. The number of para-hydroxylation sites is 1. The monoisotopic (exact) mass is 522 g/mol. The Hall–Kier alpha value is -1.71. The van der Waals surface area contributed by atoms with Gasteiger partial charge in [0.25, 0.3) is 0 Å². The number of rotatable bonds is 8. The zero-order valence-corrected chi connectivity index (χ0v) is 24.6. The van der Waals surface area contributed by atoms with Crippen LogP contribution in [0.25, 0.3) is 0 Å². The number of carbonyl (C=O) groups is 1. The van der Waals surface area contributed by atoms with Gasteiger partial charge in [-0.2, -0.15) is 0 Å². The summed E-state index contributed by atoms with van der Waals surface area (Å²) in [5.41, 5.74) is 14.1. The van der Waals surface area contributed by atoms with Gasteiger partial charge in [0, 0.05) is 0 Å². The molecule has 212 valence electrons. The minimum Gasteiger partial charge on any atom is -0.462 e. The van der Waals surface area contributed by atoms with Crippen LogP contribution < -0.4 is 11.5 Å². The van der Waals surface area contributed by atoms with Gasteiger partial charge in [-0.3, -0.25) is 0 Å². The number of anilines is 2. The molecule has 4 heteroatoms. The molecule has 4 aliphatic rings. The Kier molecular flexibility index (Phi) is 8.09. The largest absolute Gasteiger partial charge is 0.462 e. The predicted octanol–water partition coefficient (Wildman–Crippen LogP) is 8.50. The lowest BCUT2D eigenvalue weighted by atomic mass is 9.44. The van der Waals surface area contributed by atoms with E-state index in [1.54, 1.807) is 18.2 Å². The normalized spacial score (nSPS) is 37.9. The summed E-state index contributed by atoms with van der Waals surface area (Å²) in [6.07, 6.45) is 18.5. The standard InChI is InChI=1S/C34H54N2O2/c1-22(21-38-32(37)26-12-8-13-30(35)31(26)36)9-7-10-23(2)27-16-17-28-25-15-14-24-11-5-6-19-33(24,3)29(25)18-20-34(27,28)4/h8,12-13,22-25,27-29H,5-7,9-11,14-21,35-36H2,1-4H3/t22?,23-,24?,25+,27-,28+,29+,33+,34-/m1/s1. The maximum absolute atomic E-state index is 12.5. The topological polar surface area (TPSA) is 78.3 Å². The van der Waals surface area contributed by atoms with Crippen LogP contribution in [0.5, 0.6) is 0 Å². The molecule has 0 amide bonds. The number of esters is 1. The third-order valence-corrected chi connectivity index (χ3v) is 12.6. The number of benzene rings is 1. The van der Waals surface area contributed by atoms with Gasteiger partial charge in [0.1, 0.15) is 0 Å². The molecule has 4 saturated carbocycles. The minimum atomic E-state index is -0.369. The summed E-state index contributed by atoms with van der Waals surface area (Å²) in [5, 5.41) is 0. The maximum atomic E-state index is 12.5.